The van der Waals surface area contributed by atoms with Crippen LogP contribution in [-0.2, 0) is 10.2 Å². The fourth-order valence-electron chi connectivity index (χ4n) is 2.26. The van der Waals surface area contributed by atoms with Crippen LogP contribution in [0.25, 0.3) is 0 Å². The first-order chi connectivity index (χ1) is 8.63. The smallest absolute Gasteiger partial charge is 0.314 e. The zero-order chi connectivity index (χ0) is 12.8. The average Bonchev–Trinajstić information content (AvgIpc) is 3.13. The zero-order valence-electron chi connectivity index (χ0n) is 9.74. The van der Waals surface area contributed by atoms with Gasteiger partial charge in [-0.25, -0.2) is 4.39 Å². The van der Waals surface area contributed by atoms with Gasteiger partial charge < -0.3 is 14.6 Å². The minimum absolute atomic E-state index is 0.0949. The molecule has 5 heteroatoms. The van der Waals surface area contributed by atoms with Gasteiger partial charge in [0.2, 0.25) is 0 Å². The predicted octanol–water partition coefficient (Wildman–Crippen LogP) is 2.10. The van der Waals surface area contributed by atoms with Crippen molar-refractivity contribution in [3.05, 3.63) is 23.5 Å². The van der Waals surface area contributed by atoms with Crippen molar-refractivity contribution in [3.8, 4) is 11.5 Å². The maximum Gasteiger partial charge on any atom is 0.314 e. The van der Waals surface area contributed by atoms with Gasteiger partial charge in [0.1, 0.15) is 0 Å². The van der Waals surface area contributed by atoms with Crippen LogP contribution >= 0.6 is 0 Å². The molecule has 0 bridgehead atoms. The molecule has 1 saturated carbocycles. The fourth-order valence-corrected chi connectivity index (χ4v) is 2.26. The molecule has 2 aliphatic rings. The number of hydrogen-bond acceptors (Lipinski definition) is 3. The Morgan fingerprint density at radius 3 is 2.67 bits per heavy atom. The zero-order valence-corrected chi connectivity index (χ0v) is 9.74. The summed E-state index contributed by atoms with van der Waals surface area (Å²) in [6.07, 6.45) is 1.77. The van der Waals surface area contributed by atoms with Crippen LogP contribution in [0, 0.1) is 5.82 Å². The molecule has 0 aromatic heterocycles. The molecular formula is C13H13FO4. The van der Waals surface area contributed by atoms with Crippen LogP contribution in [0.2, 0.25) is 0 Å². The second-order valence-corrected chi connectivity index (χ2v) is 4.72. The minimum atomic E-state index is -0.925. The first-order valence-corrected chi connectivity index (χ1v) is 5.96. The van der Waals surface area contributed by atoms with Gasteiger partial charge in [-0.3, -0.25) is 4.79 Å². The molecule has 4 nitrogen and oxygen atoms in total. The van der Waals surface area contributed by atoms with Gasteiger partial charge in [-0.05, 0) is 30.5 Å². The Balaban J connectivity index is 2.06. The molecule has 0 unspecified atom stereocenters. The van der Waals surface area contributed by atoms with Gasteiger partial charge in [0.15, 0.2) is 17.3 Å². The van der Waals surface area contributed by atoms with E-state index in [-0.39, 0.29) is 5.75 Å². The van der Waals surface area contributed by atoms with Crippen molar-refractivity contribution in [1.29, 1.82) is 0 Å². The van der Waals surface area contributed by atoms with E-state index >= 15 is 0 Å². The molecule has 1 fully saturated rings. The highest BCUT2D eigenvalue weighted by Crippen LogP contribution is 2.50. The lowest BCUT2D eigenvalue weighted by Crippen LogP contribution is -2.19. The van der Waals surface area contributed by atoms with Gasteiger partial charge in [0.25, 0.3) is 0 Å². The third-order valence-electron chi connectivity index (χ3n) is 3.51. The van der Waals surface area contributed by atoms with E-state index in [1.165, 1.54) is 6.07 Å². The number of aliphatic carboxylic acids is 1. The average molecular weight is 252 g/mol. The normalized spacial score (nSPS) is 20.1. The Kier molecular flexibility index (Phi) is 2.43. The summed E-state index contributed by atoms with van der Waals surface area (Å²) in [6.45, 7) is 0.864. The quantitative estimate of drug-likeness (QED) is 0.875. The number of carbonyl (C=O) groups is 1. The van der Waals surface area contributed by atoms with E-state index in [2.05, 4.69) is 0 Å². The van der Waals surface area contributed by atoms with E-state index in [1.807, 2.05) is 0 Å². The number of benzene rings is 1. The summed E-state index contributed by atoms with van der Waals surface area (Å²) in [5.41, 5.74) is -0.456. The summed E-state index contributed by atoms with van der Waals surface area (Å²) in [5, 5.41) is 9.21. The molecule has 0 radical (unpaired) electrons. The fraction of sp³-hybridized carbons (Fsp3) is 0.462. The van der Waals surface area contributed by atoms with E-state index in [0.29, 0.717) is 43.8 Å². The molecule has 0 amide bonds. The van der Waals surface area contributed by atoms with Crippen LogP contribution in [-0.4, -0.2) is 24.3 Å². The highest BCUT2D eigenvalue weighted by molar-refractivity contribution is 5.85. The molecule has 0 atom stereocenters. The van der Waals surface area contributed by atoms with Gasteiger partial charge in [-0.2, -0.15) is 0 Å². The number of carboxylic acids is 1. The first-order valence-electron chi connectivity index (χ1n) is 5.96. The van der Waals surface area contributed by atoms with Crippen molar-refractivity contribution in [3.63, 3.8) is 0 Å². The van der Waals surface area contributed by atoms with E-state index in [1.54, 1.807) is 6.07 Å². The number of ether oxygens (including phenoxy) is 2. The highest BCUT2D eigenvalue weighted by Gasteiger charge is 2.52. The lowest BCUT2D eigenvalue weighted by Gasteiger charge is -2.14. The van der Waals surface area contributed by atoms with E-state index in [0.717, 1.165) is 0 Å². The van der Waals surface area contributed by atoms with Crippen LogP contribution in [0.3, 0.4) is 0 Å². The third-order valence-corrected chi connectivity index (χ3v) is 3.51. The summed E-state index contributed by atoms with van der Waals surface area (Å²) in [5.74, 6) is -1.04. The molecule has 3 rings (SSSR count). The largest absolute Gasteiger partial charge is 0.489 e. The van der Waals surface area contributed by atoms with Gasteiger partial charge in [-0.1, -0.05) is 0 Å². The highest BCUT2D eigenvalue weighted by atomic mass is 19.1. The molecular weight excluding hydrogens is 239 g/mol. The number of fused-ring (bicyclic) bond motifs is 1. The van der Waals surface area contributed by atoms with E-state index < -0.39 is 17.2 Å². The van der Waals surface area contributed by atoms with Crippen molar-refractivity contribution in [1.82, 2.24) is 0 Å². The standard InChI is InChI=1S/C13H13FO4/c14-9-6-8(13(2-3-13)12(15)16)7-10-11(9)18-5-1-4-17-10/h6-7H,1-5H2,(H,15,16). The first kappa shape index (κ1) is 11.3. The lowest BCUT2D eigenvalue weighted by atomic mass is 9.95. The second kappa shape index (κ2) is 3.86. The number of rotatable bonds is 2. The van der Waals surface area contributed by atoms with Crippen LogP contribution in [0.1, 0.15) is 24.8 Å². The molecule has 0 saturated heterocycles. The summed E-state index contributed by atoms with van der Waals surface area (Å²) < 4.78 is 24.6. The summed E-state index contributed by atoms with van der Waals surface area (Å²) in [4.78, 5) is 11.2. The number of halogens is 1. The van der Waals surface area contributed by atoms with Crippen molar-refractivity contribution < 1.29 is 23.8 Å². The Morgan fingerprint density at radius 2 is 2.00 bits per heavy atom. The molecule has 1 aliphatic carbocycles. The van der Waals surface area contributed by atoms with Gasteiger partial charge in [-0.15, -0.1) is 0 Å². The second-order valence-electron chi connectivity index (χ2n) is 4.72. The summed E-state index contributed by atoms with van der Waals surface area (Å²) in [7, 11) is 0. The number of carboxylic acid groups (broad SMARTS) is 1. The Morgan fingerprint density at radius 1 is 1.28 bits per heavy atom. The van der Waals surface area contributed by atoms with Crippen molar-refractivity contribution in [2.75, 3.05) is 13.2 Å². The van der Waals surface area contributed by atoms with Crippen molar-refractivity contribution in [2.24, 2.45) is 0 Å². The third kappa shape index (κ3) is 1.62. The molecule has 1 aliphatic heterocycles. The van der Waals surface area contributed by atoms with Gasteiger partial charge in [0.05, 0.1) is 18.6 Å². The molecule has 18 heavy (non-hydrogen) atoms. The van der Waals surface area contributed by atoms with E-state index in [9.17, 15) is 14.3 Å². The van der Waals surface area contributed by atoms with Gasteiger partial charge >= 0.3 is 5.97 Å². The Hall–Kier alpha value is -1.78. The van der Waals surface area contributed by atoms with Gasteiger partial charge in [0, 0.05) is 6.42 Å². The van der Waals surface area contributed by atoms with Crippen LogP contribution in [0.4, 0.5) is 4.39 Å². The monoisotopic (exact) mass is 252 g/mol. The van der Waals surface area contributed by atoms with Crippen molar-refractivity contribution >= 4 is 5.97 Å². The van der Waals surface area contributed by atoms with Crippen LogP contribution in [0.5, 0.6) is 11.5 Å². The molecule has 1 N–H and O–H groups in total. The van der Waals surface area contributed by atoms with Crippen LogP contribution in [0.15, 0.2) is 12.1 Å². The maximum atomic E-state index is 13.9. The Labute approximate surface area is 103 Å². The Bertz CT molecular complexity index is 508. The topological polar surface area (TPSA) is 55.8 Å². The maximum absolute atomic E-state index is 13.9. The molecule has 1 heterocycles. The predicted molar refractivity (Wildman–Crippen MR) is 60.6 cm³/mol. The van der Waals surface area contributed by atoms with Crippen LogP contribution < -0.4 is 9.47 Å². The SMILES string of the molecule is O=C(O)C1(c2cc(F)c3c(c2)OCCCO3)CC1. The molecule has 96 valence electrons. The summed E-state index contributed by atoms with van der Waals surface area (Å²) >= 11 is 0. The number of hydrogen-bond donors (Lipinski definition) is 1. The molecule has 1 aromatic carbocycles. The molecule has 1 aromatic rings. The summed E-state index contributed by atoms with van der Waals surface area (Å²) in [6, 6.07) is 2.86. The molecule has 0 spiro atoms. The lowest BCUT2D eigenvalue weighted by molar-refractivity contribution is -0.140. The minimum Gasteiger partial charge on any atom is -0.489 e. The van der Waals surface area contributed by atoms with E-state index in [4.69, 9.17) is 9.47 Å². The van der Waals surface area contributed by atoms with Crippen molar-refractivity contribution in [2.45, 2.75) is 24.7 Å².